The molecule has 0 aromatic heterocycles. The van der Waals surface area contributed by atoms with Crippen LogP contribution < -0.4 is 5.73 Å². The highest BCUT2D eigenvalue weighted by Crippen LogP contribution is 2.24. The molecule has 116 valence electrons. The third kappa shape index (κ3) is 5.01. The molecule has 1 unspecified atom stereocenters. The summed E-state index contributed by atoms with van der Waals surface area (Å²) in [5.74, 6) is 1.07. The smallest absolute Gasteiger partial charge is 0.191 e. The Morgan fingerprint density at radius 3 is 2.38 bits per heavy atom. The molecular weight excluding hydrogens is 260 g/mol. The van der Waals surface area contributed by atoms with E-state index in [2.05, 4.69) is 32.9 Å². The summed E-state index contributed by atoms with van der Waals surface area (Å²) in [6, 6.07) is 10.3. The van der Waals surface area contributed by atoms with Gasteiger partial charge in [-0.25, -0.2) is 4.99 Å². The van der Waals surface area contributed by atoms with Gasteiger partial charge in [-0.1, -0.05) is 44.2 Å². The molecule has 21 heavy (non-hydrogen) atoms. The summed E-state index contributed by atoms with van der Waals surface area (Å²) < 4.78 is 5.56. The largest absolute Gasteiger partial charge is 0.484 e. The number of methoxy groups -OCH3 is 1. The van der Waals surface area contributed by atoms with E-state index in [1.54, 1.807) is 7.11 Å². The van der Waals surface area contributed by atoms with E-state index in [1.165, 1.54) is 5.57 Å². The van der Waals surface area contributed by atoms with Crippen LogP contribution in [0.5, 0.6) is 0 Å². The Bertz CT molecular complexity index is 477. The maximum Gasteiger partial charge on any atom is 0.191 e. The summed E-state index contributed by atoms with van der Waals surface area (Å²) in [6.07, 6.45) is 2.85. The molecule has 0 amide bonds. The number of aliphatic imine (C=N–C) groups is 1. The molecule has 0 radical (unpaired) electrons. The second-order valence-corrected chi connectivity index (χ2v) is 5.19. The first-order chi connectivity index (χ1) is 10.2. The number of nitrogens with two attached hydrogens (primary N) is 1. The van der Waals surface area contributed by atoms with Crippen LogP contribution >= 0.6 is 0 Å². The Morgan fingerprint density at radius 1 is 1.24 bits per heavy atom. The van der Waals surface area contributed by atoms with Gasteiger partial charge in [-0.3, -0.25) is 0 Å². The van der Waals surface area contributed by atoms with Gasteiger partial charge in [0.25, 0.3) is 0 Å². The summed E-state index contributed by atoms with van der Waals surface area (Å²) >= 11 is 0. The lowest BCUT2D eigenvalue weighted by Gasteiger charge is -2.17. The van der Waals surface area contributed by atoms with Crippen molar-refractivity contribution in [1.29, 1.82) is 0 Å². The van der Waals surface area contributed by atoms with Crippen molar-refractivity contribution >= 4 is 11.6 Å². The zero-order valence-electron chi connectivity index (χ0n) is 13.7. The van der Waals surface area contributed by atoms with Crippen LogP contribution in [-0.4, -0.2) is 19.6 Å². The van der Waals surface area contributed by atoms with Crippen LogP contribution in [0.25, 0.3) is 5.70 Å². The number of benzene rings is 1. The lowest BCUT2D eigenvalue weighted by molar-refractivity contribution is 0.357. The minimum absolute atomic E-state index is 0.281. The Balaban J connectivity index is 3.24. The molecule has 0 bridgehead atoms. The lowest BCUT2D eigenvalue weighted by Crippen LogP contribution is -2.19. The van der Waals surface area contributed by atoms with E-state index in [-0.39, 0.29) is 5.92 Å². The quantitative estimate of drug-likeness (QED) is 0.602. The van der Waals surface area contributed by atoms with Crippen LogP contribution in [0, 0.1) is 5.92 Å². The molecule has 0 fully saturated rings. The summed E-state index contributed by atoms with van der Waals surface area (Å²) in [4.78, 5) is 4.84. The van der Waals surface area contributed by atoms with Gasteiger partial charge in [0.05, 0.1) is 12.8 Å². The molecule has 1 aromatic rings. The van der Waals surface area contributed by atoms with E-state index in [0.29, 0.717) is 6.54 Å². The monoisotopic (exact) mass is 288 g/mol. The molecular formula is C18H28N2O. The van der Waals surface area contributed by atoms with E-state index >= 15 is 0 Å². The lowest BCUT2D eigenvalue weighted by atomic mass is 10.0. The maximum atomic E-state index is 5.70. The molecule has 3 heteroatoms. The van der Waals surface area contributed by atoms with Gasteiger partial charge >= 0.3 is 0 Å². The number of allylic oxidation sites excluding steroid dienone is 1. The van der Waals surface area contributed by atoms with Crippen LogP contribution in [0.4, 0.5) is 0 Å². The third-order valence-corrected chi connectivity index (χ3v) is 3.77. The molecule has 0 aliphatic carbocycles. The fraction of sp³-hybridized carbons (Fsp3) is 0.500. The minimum atomic E-state index is 0.281. The standard InChI is InChI=1S/C18H28N2O/c1-5-14(3)17(16-10-8-7-9-11-16)20-18(21-4)15(6-2)12-13-19/h7-11,15H,5-6,12-13,19H2,1-4H3/b17-14+,20-18?. The first-order valence-corrected chi connectivity index (χ1v) is 7.75. The zero-order chi connectivity index (χ0) is 15.7. The summed E-state index contributed by atoms with van der Waals surface area (Å²) in [6.45, 7) is 7.08. The normalized spacial score (nSPS) is 14.6. The molecule has 2 N–H and O–H groups in total. The van der Waals surface area contributed by atoms with Crippen molar-refractivity contribution in [2.45, 2.75) is 40.0 Å². The van der Waals surface area contributed by atoms with Crippen molar-refractivity contribution in [3.05, 3.63) is 41.5 Å². The highest BCUT2D eigenvalue weighted by molar-refractivity contribution is 5.86. The molecule has 1 aromatic carbocycles. The number of rotatable bonds is 7. The Kier molecular flexibility index (Phi) is 7.76. The first-order valence-electron chi connectivity index (χ1n) is 7.75. The van der Waals surface area contributed by atoms with Crippen molar-refractivity contribution in [2.75, 3.05) is 13.7 Å². The van der Waals surface area contributed by atoms with Crippen LogP contribution in [0.3, 0.4) is 0 Å². The van der Waals surface area contributed by atoms with Crippen molar-refractivity contribution in [1.82, 2.24) is 0 Å². The fourth-order valence-electron chi connectivity index (χ4n) is 2.29. The molecule has 0 aliphatic rings. The highest BCUT2D eigenvalue weighted by Gasteiger charge is 2.16. The van der Waals surface area contributed by atoms with Crippen molar-refractivity contribution < 1.29 is 4.74 Å². The Hall–Kier alpha value is -1.61. The van der Waals surface area contributed by atoms with E-state index in [1.807, 2.05) is 18.2 Å². The average Bonchev–Trinajstić information content (AvgIpc) is 2.54. The number of nitrogens with zero attached hydrogens (tertiary/aromatic N) is 1. The Labute approximate surface area is 128 Å². The maximum absolute atomic E-state index is 5.70. The van der Waals surface area contributed by atoms with Crippen LogP contribution in [0.15, 0.2) is 40.9 Å². The van der Waals surface area contributed by atoms with E-state index in [4.69, 9.17) is 15.5 Å². The SMILES string of the molecule is CC/C(C)=C(/N=C(OC)C(CC)CCN)c1ccccc1. The first kappa shape index (κ1) is 17.4. The third-order valence-electron chi connectivity index (χ3n) is 3.77. The van der Waals surface area contributed by atoms with Crippen molar-refractivity contribution in [3.8, 4) is 0 Å². The molecule has 0 saturated carbocycles. The second-order valence-electron chi connectivity index (χ2n) is 5.19. The molecule has 0 heterocycles. The van der Waals surface area contributed by atoms with Gasteiger partial charge in [0.1, 0.15) is 0 Å². The van der Waals surface area contributed by atoms with Gasteiger partial charge in [0, 0.05) is 11.5 Å². The molecule has 0 saturated heterocycles. The van der Waals surface area contributed by atoms with Crippen LogP contribution in [0.1, 0.15) is 45.6 Å². The second kappa shape index (κ2) is 9.35. The Morgan fingerprint density at radius 2 is 1.90 bits per heavy atom. The number of hydrogen-bond donors (Lipinski definition) is 1. The van der Waals surface area contributed by atoms with Crippen LogP contribution in [-0.2, 0) is 4.74 Å². The topological polar surface area (TPSA) is 47.6 Å². The number of hydrogen-bond acceptors (Lipinski definition) is 3. The highest BCUT2D eigenvalue weighted by atomic mass is 16.5. The molecule has 0 aliphatic heterocycles. The van der Waals surface area contributed by atoms with E-state index in [0.717, 1.165) is 36.4 Å². The van der Waals surface area contributed by atoms with Gasteiger partial charge in [-0.05, 0) is 38.3 Å². The average molecular weight is 288 g/mol. The number of ether oxygens (including phenoxy) is 1. The summed E-state index contributed by atoms with van der Waals surface area (Å²) in [7, 11) is 1.70. The predicted octanol–water partition coefficient (Wildman–Crippen LogP) is 4.25. The summed E-state index contributed by atoms with van der Waals surface area (Å²) in [5.41, 5.74) is 9.12. The molecule has 3 nitrogen and oxygen atoms in total. The zero-order valence-corrected chi connectivity index (χ0v) is 13.7. The minimum Gasteiger partial charge on any atom is -0.484 e. The fourth-order valence-corrected chi connectivity index (χ4v) is 2.29. The van der Waals surface area contributed by atoms with E-state index < -0.39 is 0 Å². The van der Waals surface area contributed by atoms with Gasteiger partial charge in [0.2, 0.25) is 0 Å². The van der Waals surface area contributed by atoms with Gasteiger partial charge < -0.3 is 10.5 Å². The molecule has 0 spiro atoms. The summed E-state index contributed by atoms with van der Waals surface area (Å²) in [5, 5.41) is 0. The predicted molar refractivity (Wildman–Crippen MR) is 91.2 cm³/mol. The van der Waals surface area contributed by atoms with Crippen LogP contribution in [0.2, 0.25) is 0 Å². The van der Waals surface area contributed by atoms with Crippen molar-refractivity contribution in [3.63, 3.8) is 0 Å². The van der Waals surface area contributed by atoms with Gasteiger partial charge in [-0.15, -0.1) is 0 Å². The molecule has 1 atom stereocenters. The molecule has 1 rings (SSSR count). The van der Waals surface area contributed by atoms with Gasteiger partial charge in [0.15, 0.2) is 5.90 Å². The van der Waals surface area contributed by atoms with E-state index in [9.17, 15) is 0 Å². The van der Waals surface area contributed by atoms with Gasteiger partial charge in [-0.2, -0.15) is 0 Å². The van der Waals surface area contributed by atoms with Crippen molar-refractivity contribution in [2.24, 2.45) is 16.6 Å².